The van der Waals surface area contributed by atoms with E-state index in [1.165, 1.54) is 0 Å². The number of rotatable bonds is 2. The second-order valence-corrected chi connectivity index (χ2v) is 9.94. The lowest BCUT2D eigenvalue weighted by molar-refractivity contribution is 0.0629. The van der Waals surface area contributed by atoms with Gasteiger partial charge >= 0.3 is 0 Å². The third-order valence-corrected chi connectivity index (χ3v) is 8.20. The molecule has 2 aromatic heterocycles. The highest BCUT2D eigenvalue weighted by Gasteiger charge is 2.59. The molecular weight excluding hydrogens is 428 g/mol. The minimum atomic E-state index is 0.0233. The van der Waals surface area contributed by atoms with E-state index >= 15 is 0 Å². The molecule has 1 aliphatic carbocycles. The molecule has 0 radical (unpaired) electrons. The van der Waals surface area contributed by atoms with Crippen molar-refractivity contribution in [3.05, 3.63) is 65.4 Å². The number of hydrogen-bond acceptors (Lipinski definition) is 5. The van der Waals surface area contributed by atoms with Crippen LogP contribution in [0.5, 0.6) is 0 Å². The third kappa shape index (κ3) is 2.81. The summed E-state index contributed by atoms with van der Waals surface area (Å²) in [5.74, 6) is 1.94. The molecule has 0 spiro atoms. The van der Waals surface area contributed by atoms with Gasteiger partial charge in [-0.3, -0.25) is 9.59 Å². The highest BCUT2D eigenvalue weighted by atomic mass is 16.2. The summed E-state index contributed by atoms with van der Waals surface area (Å²) >= 11 is 0. The largest absolute Gasteiger partial charge is 0.338 e. The number of pyridine rings is 1. The first-order chi connectivity index (χ1) is 16.6. The Hall–Kier alpha value is -3.81. The van der Waals surface area contributed by atoms with Crippen LogP contribution in [0.2, 0.25) is 0 Å². The van der Waals surface area contributed by atoms with E-state index in [2.05, 4.69) is 20.4 Å². The first-order valence-corrected chi connectivity index (χ1v) is 11.8. The number of aromatic amines is 1. The van der Waals surface area contributed by atoms with Crippen molar-refractivity contribution < 1.29 is 9.59 Å². The number of likely N-dealkylation sites (tertiary alicyclic amines) is 2. The standard InChI is InChI=1S/C26H24N6O2/c1-14-8-24(27-21-5-3-2-4-16(14)21)26(34)32-12-19-17-10-31(11-18(17)20(19)13-32)25(33)15-6-7-22-23(9-15)29-30-28-22/h2-9,17-20H,10-13H2,1H3,(H,28,29,30)/t17-,18+,19+,20-. The first kappa shape index (κ1) is 19.6. The van der Waals surface area contributed by atoms with Crippen LogP contribution in [0.4, 0.5) is 0 Å². The van der Waals surface area contributed by atoms with Crippen LogP contribution in [0, 0.1) is 30.6 Å². The van der Waals surface area contributed by atoms with Gasteiger partial charge in [-0.25, -0.2) is 4.98 Å². The number of aromatic nitrogens is 4. The summed E-state index contributed by atoms with van der Waals surface area (Å²) in [6.45, 7) is 5.06. The molecule has 170 valence electrons. The number of carbonyl (C=O) groups excluding carboxylic acids is 2. The zero-order valence-corrected chi connectivity index (χ0v) is 18.8. The molecule has 4 atom stereocenters. The second kappa shape index (κ2) is 7.09. The molecule has 8 heteroatoms. The van der Waals surface area contributed by atoms with E-state index in [0.29, 0.717) is 40.4 Å². The summed E-state index contributed by atoms with van der Waals surface area (Å²) in [5.41, 5.74) is 4.59. The van der Waals surface area contributed by atoms with Crippen LogP contribution in [-0.4, -0.2) is 68.2 Å². The average Bonchev–Trinajstić information content (AvgIpc) is 3.57. The van der Waals surface area contributed by atoms with Crippen molar-refractivity contribution in [1.82, 2.24) is 30.2 Å². The number of nitrogens with zero attached hydrogens (tertiary/aromatic N) is 5. The van der Waals surface area contributed by atoms with Gasteiger partial charge in [0.05, 0.1) is 5.52 Å². The summed E-state index contributed by atoms with van der Waals surface area (Å²) in [7, 11) is 0. The molecule has 2 amide bonds. The van der Waals surface area contributed by atoms with Crippen LogP contribution in [0.25, 0.3) is 21.9 Å². The van der Waals surface area contributed by atoms with Crippen LogP contribution in [-0.2, 0) is 0 Å². The maximum atomic E-state index is 13.3. The molecule has 2 saturated heterocycles. The number of H-pyrrole nitrogens is 1. The molecule has 34 heavy (non-hydrogen) atoms. The quantitative estimate of drug-likeness (QED) is 0.505. The highest BCUT2D eigenvalue weighted by Crippen LogP contribution is 2.54. The molecule has 7 rings (SSSR count). The third-order valence-electron chi connectivity index (χ3n) is 8.20. The SMILES string of the molecule is Cc1cc(C(=O)N2C[C@@H]3[C@H]4CN(C(=O)c5ccc6n[nH]nc6c5)C[C@H]4[C@@H]3C2)nc2ccccc12. The molecule has 4 aromatic rings. The molecule has 8 nitrogen and oxygen atoms in total. The fourth-order valence-corrected chi connectivity index (χ4v) is 6.48. The van der Waals surface area contributed by atoms with Crippen molar-refractivity contribution in [1.29, 1.82) is 0 Å². The molecule has 0 bridgehead atoms. The minimum Gasteiger partial charge on any atom is -0.338 e. The monoisotopic (exact) mass is 452 g/mol. The Morgan fingerprint density at radius 3 is 2.18 bits per heavy atom. The number of nitrogens with one attached hydrogen (secondary N) is 1. The van der Waals surface area contributed by atoms with E-state index in [0.717, 1.165) is 48.2 Å². The first-order valence-electron chi connectivity index (χ1n) is 11.8. The molecular formula is C26H24N6O2. The highest BCUT2D eigenvalue weighted by molar-refractivity contribution is 5.98. The summed E-state index contributed by atoms with van der Waals surface area (Å²) < 4.78 is 0. The lowest BCUT2D eigenvalue weighted by atomic mass is 9.60. The number of carbonyl (C=O) groups is 2. The topological polar surface area (TPSA) is 95.1 Å². The second-order valence-electron chi connectivity index (χ2n) is 9.94. The van der Waals surface area contributed by atoms with Crippen LogP contribution >= 0.6 is 0 Å². The number of para-hydroxylation sites is 1. The molecule has 3 fully saturated rings. The van der Waals surface area contributed by atoms with Gasteiger partial charge in [0.25, 0.3) is 11.8 Å². The maximum absolute atomic E-state index is 13.3. The van der Waals surface area contributed by atoms with Crippen LogP contribution in [0.1, 0.15) is 26.4 Å². The Labute approximate surface area is 195 Å². The van der Waals surface area contributed by atoms with Crippen molar-refractivity contribution in [2.75, 3.05) is 26.2 Å². The number of fused-ring (bicyclic) bond motifs is 6. The van der Waals surface area contributed by atoms with Crippen molar-refractivity contribution >= 4 is 33.8 Å². The van der Waals surface area contributed by atoms with E-state index in [-0.39, 0.29) is 11.8 Å². The van der Waals surface area contributed by atoms with Gasteiger partial charge in [0.15, 0.2) is 0 Å². The summed E-state index contributed by atoms with van der Waals surface area (Å²) in [6, 6.07) is 15.3. The fourth-order valence-electron chi connectivity index (χ4n) is 6.48. The Morgan fingerprint density at radius 1 is 0.794 bits per heavy atom. The Kier molecular flexibility index (Phi) is 4.10. The van der Waals surface area contributed by atoms with E-state index in [4.69, 9.17) is 0 Å². The van der Waals surface area contributed by atoms with E-state index in [1.807, 2.05) is 59.2 Å². The van der Waals surface area contributed by atoms with Crippen molar-refractivity contribution in [2.24, 2.45) is 23.7 Å². The zero-order chi connectivity index (χ0) is 23.0. The van der Waals surface area contributed by atoms with Gasteiger partial charge in [-0.2, -0.15) is 15.4 Å². The van der Waals surface area contributed by atoms with Crippen LogP contribution in [0.15, 0.2) is 48.5 Å². The maximum Gasteiger partial charge on any atom is 0.272 e. The van der Waals surface area contributed by atoms with Crippen molar-refractivity contribution in [2.45, 2.75) is 6.92 Å². The fraction of sp³-hybridized carbons (Fsp3) is 0.346. The van der Waals surface area contributed by atoms with Gasteiger partial charge in [-0.1, -0.05) is 18.2 Å². The smallest absolute Gasteiger partial charge is 0.272 e. The van der Waals surface area contributed by atoms with Gasteiger partial charge in [0.1, 0.15) is 16.7 Å². The van der Waals surface area contributed by atoms with E-state index in [1.54, 1.807) is 6.07 Å². The van der Waals surface area contributed by atoms with Gasteiger partial charge < -0.3 is 9.80 Å². The Balaban J connectivity index is 1.05. The molecule has 2 aromatic carbocycles. The normalized spacial score (nSPS) is 25.4. The minimum absolute atomic E-state index is 0.0233. The van der Waals surface area contributed by atoms with Gasteiger partial charge in [0, 0.05) is 37.1 Å². The molecule has 1 N–H and O–H groups in total. The summed E-state index contributed by atoms with van der Waals surface area (Å²) in [6.07, 6.45) is 0. The molecule has 4 heterocycles. The molecule has 2 aliphatic heterocycles. The number of aryl methyl sites for hydroxylation is 1. The number of hydrogen-bond donors (Lipinski definition) is 1. The lowest BCUT2D eigenvalue weighted by Crippen LogP contribution is -2.44. The lowest BCUT2D eigenvalue weighted by Gasteiger charge is -2.42. The van der Waals surface area contributed by atoms with Crippen LogP contribution in [0.3, 0.4) is 0 Å². The van der Waals surface area contributed by atoms with Crippen molar-refractivity contribution in [3.8, 4) is 0 Å². The Bertz CT molecular complexity index is 1460. The molecule has 3 aliphatic rings. The Morgan fingerprint density at radius 2 is 1.44 bits per heavy atom. The molecule has 1 saturated carbocycles. The van der Waals surface area contributed by atoms with Gasteiger partial charge in [-0.05, 0) is 66.5 Å². The van der Waals surface area contributed by atoms with Crippen molar-refractivity contribution in [3.63, 3.8) is 0 Å². The van der Waals surface area contributed by atoms with Crippen LogP contribution < -0.4 is 0 Å². The predicted molar refractivity (Wildman–Crippen MR) is 126 cm³/mol. The van der Waals surface area contributed by atoms with Gasteiger partial charge in [-0.15, -0.1) is 0 Å². The van der Waals surface area contributed by atoms with E-state index in [9.17, 15) is 9.59 Å². The number of benzene rings is 2. The summed E-state index contributed by atoms with van der Waals surface area (Å²) in [5, 5.41) is 11.8. The summed E-state index contributed by atoms with van der Waals surface area (Å²) in [4.78, 5) is 35.1. The number of amides is 2. The molecule has 0 unspecified atom stereocenters. The zero-order valence-electron chi connectivity index (χ0n) is 18.8. The van der Waals surface area contributed by atoms with Gasteiger partial charge in [0.2, 0.25) is 0 Å². The van der Waals surface area contributed by atoms with E-state index < -0.39 is 0 Å². The predicted octanol–water partition coefficient (Wildman–Crippen LogP) is 2.90. The average molecular weight is 453 g/mol.